The summed E-state index contributed by atoms with van der Waals surface area (Å²) in [5.41, 5.74) is 3.53. The fourth-order valence-corrected chi connectivity index (χ4v) is 4.16. The van der Waals surface area contributed by atoms with Crippen LogP contribution in [0.25, 0.3) is 11.3 Å². The van der Waals surface area contributed by atoms with Crippen LogP contribution in [0.15, 0.2) is 90.1 Å². The maximum atomic E-state index is 12.9. The van der Waals surface area contributed by atoms with Gasteiger partial charge in [0.05, 0.1) is 5.69 Å². The summed E-state index contributed by atoms with van der Waals surface area (Å²) in [5, 5.41) is 0. The highest BCUT2D eigenvalue weighted by Gasteiger charge is 2.27. The molecule has 0 spiro atoms. The zero-order chi connectivity index (χ0) is 22.6. The van der Waals surface area contributed by atoms with Gasteiger partial charge in [-0.25, -0.2) is 4.79 Å². The molecule has 0 bridgehead atoms. The molecule has 2 aromatic rings. The summed E-state index contributed by atoms with van der Waals surface area (Å²) in [5.74, 6) is 1.52. The van der Waals surface area contributed by atoms with Gasteiger partial charge in [-0.3, -0.25) is 4.57 Å². The third-order valence-corrected chi connectivity index (χ3v) is 5.72. The van der Waals surface area contributed by atoms with Crippen LogP contribution < -0.4 is 15.2 Å². The first-order valence-electron chi connectivity index (χ1n) is 10.9. The zero-order valence-electron chi connectivity index (χ0n) is 18.1. The summed E-state index contributed by atoms with van der Waals surface area (Å²) in [7, 11) is 0. The van der Waals surface area contributed by atoms with Gasteiger partial charge in [-0.2, -0.15) is 4.98 Å². The number of ether oxygens (including phenoxy) is 4. The Bertz CT molecular complexity index is 1250. The largest absolute Gasteiger partial charge is 0.490 e. The van der Waals surface area contributed by atoms with Crippen molar-refractivity contribution in [1.82, 2.24) is 9.55 Å². The van der Waals surface area contributed by atoms with E-state index in [1.165, 1.54) is 18.8 Å². The van der Waals surface area contributed by atoms with Crippen molar-refractivity contribution in [2.75, 3.05) is 6.61 Å². The van der Waals surface area contributed by atoms with Crippen LogP contribution in [0.1, 0.15) is 18.4 Å². The van der Waals surface area contributed by atoms with E-state index in [2.05, 4.69) is 17.6 Å². The molecule has 0 radical (unpaired) electrons. The van der Waals surface area contributed by atoms with Gasteiger partial charge in [-0.1, -0.05) is 30.9 Å². The molecule has 3 heterocycles. The second-order valence-corrected chi connectivity index (χ2v) is 7.84. The summed E-state index contributed by atoms with van der Waals surface area (Å²) in [6, 6.07) is 7.70. The number of aromatic nitrogens is 2. The van der Waals surface area contributed by atoms with E-state index >= 15 is 0 Å². The molecule has 3 aliphatic rings. The average molecular weight is 444 g/mol. The molecular weight excluding hydrogens is 420 g/mol. The maximum Gasteiger partial charge on any atom is 0.351 e. The lowest BCUT2D eigenvalue weighted by molar-refractivity contribution is 0.154. The highest BCUT2D eigenvalue weighted by Crippen LogP contribution is 2.33. The Morgan fingerprint density at radius 3 is 2.97 bits per heavy atom. The van der Waals surface area contributed by atoms with Crippen LogP contribution in [0.2, 0.25) is 0 Å². The molecule has 2 aliphatic heterocycles. The van der Waals surface area contributed by atoms with Crippen molar-refractivity contribution in [3.8, 4) is 22.9 Å². The Hall–Kier alpha value is -4.00. The van der Waals surface area contributed by atoms with E-state index < -0.39 is 6.10 Å². The topological polar surface area (TPSA) is 71.8 Å². The number of fused-ring (bicyclic) bond motifs is 3. The first-order valence-corrected chi connectivity index (χ1v) is 10.9. The van der Waals surface area contributed by atoms with Gasteiger partial charge in [0.1, 0.15) is 31.1 Å². The van der Waals surface area contributed by atoms with Crippen molar-refractivity contribution in [2.24, 2.45) is 0 Å². The van der Waals surface area contributed by atoms with Crippen molar-refractivity contribution >= 4 is 0 Å². The summed E-state index contributed by atoms with van der Waals surface area (Å²) >= 11 is 0. The lowest BCUT2D eigenvalue weighted by atomic mass is 9.97. The highest BCUT2D eigenvalue weighted by atomic mass is 16.6. The van der Waals surface area contributed by atoms with E-state index in [-0.39, 0.29) is 11.6 Å². The normalized spacial score (nSPS) is 16.8. The predicted octanol–water partition coefficient (Wildman–Crippen LogP) is 4.41. The Morgan fingerprint density at radius 1 is 1.24 bits per heavy atom. The van der Waals surface area contributed by atoms with Gasteiger partial charge in [-0.05, 0) is 48.6 Å². The molecule has 0 fully saturated rings. The molecule has 1 aromatic heterocycles. The van der Waals surface area contributed by atoms with Crippen LogP contribution in [-0.2, 0) is 22.4 Å². The minimum atomic E-state index is -0.549. The molecule has 0 amide bonds. The van der Waals surface area contributed by atoms with Crippen molar-refractivity contribution in [3.05, 3.63) is 101 Å². The molecule has 7 heteroatoms. The van der Waals surface area contributed by atoms with Gasteiger partial charge >= 0.3 is 5.69 Å². The first-order chi connectivity index (χ1) is 16.2. The number of aryl methyl sites for hydroxylation is 1. The molecule has 168 valence electrons. The van der Waals surface area contributed by atoms with Crippen LogP contribution in [-0.4, -0.2) is 22.3 Å². The third kappa shape index (κ3) is 4.35. The average Bonchev–Trinajstić information content (AvgIpc) is 2.86. The van der Waals surface area contributed by atoms with Gasteiger partial charge in [0.15, 0.2) is 11.9 Å². The molecule has 7 nitrogen and oxygen atoms in total. The quantitative estimate of drug-likeness (QED) is 0.589. The maximum absolute atomic E-state index is 12.9. The molecule has 1 unspecified atom stereocenters. The molecule has 5 rings (SSSR count). The van der Waals surface area contributed by atoms with Crippen LogP contribution in [0.5, 0.6) is 11.6 Å². The minimum absolute atomic E-state index is 0.241. The molecule has 0 N–H and O–H groups in total. The Labute approximate surface area is 191 Å². The van der Waals surface area contributed by atoms with E-state index in [1.807, 2.05) is 36.4 Å². The first kappa shape index (κ1) is 20.9. The molecule has 0 saturated carbocycles. The summed E-state index contributed by atoms with van der Waals surface area (Å²) in [6.07, 6.45) is 14.1. The number of benzene rings is 1. The van der Waals surface area contributed by atoms with Crippen molar-refractivity contribution in [1.29, 1.82) is 0 Å². The lowest BCUT2D eigenvalue weighted by Crippen LogP contribution is -2.31. The van der Waals surface area contributed by atoms with E-state index in [0.717, 1.165) is 47.4 Å². The number of hydrogen-bond donors (Lipinski definition) is 0. The van der Waals surface area contributed by atoms with Gasteiger partial charge in [0, 0.05) is 18.2 Å². The van der Waals surface area contributed by atoms with Crippen molar-refractivity contribution in [3.63, 3.8) is 0 Å². The van der Waals surface area contributed by atoms with Crippen LogP contribution in [0, 0.1) is 0 Å². The molecular formula is C26H24N2O5. The minimum Gasteiger partial charge on any atom is -0.490 e. The fraction of sp³-hybridized carbons (Fsp3) is 0.231. The molecule has 33 heavy (non-hydrogen) atoms. The van der Waals surface area contributed by atoms with Gasteiger partial charge < -0.3 is 18.9 Å². The second kappa shape index (κ2) is 9.24. The van der Waals surface area contributed by atoms with Crippen LogP contribution in [0.4, 0.5) is 0 Å². The van der Waals surface area contributed by atoms with E-state index in [4.69, 9.17) is 18.9 Å². The summed E-state index contributed by atoms with van der Waals surface area (Å²) < 4.78 is 24.6. The van der Waals surface area contributed by atoms with E-state index in [9.17, 15) is 4.79 Å². The third-order valence-electron chi connectivity index (χ3n) is 5.72. The number of rotatable bonds is 7. The second-order valence-electron chi connectivity index (χ2n) is 7.84. The molecule has 1 atom stereocenters. The number of allylic oxidation sites excluding steroid dienone is 3. The molecule has 1 aromatic carbocycles. The Balaban J connectivity index is 1.50. The van der Waals surface area contributed by atoms with Crippen molar-refractivity contribution in [2.45, 2.75) is 31.9 Å². The van der Waals surface area contributed by atoms with Gasteiger partial charge in [-0.15, -0.1) is 0 Å². The predicted molar refractivity (Wildman–Crippen MR) is 124 cm³/mol. The van der Waals surface area contributed by atoms with E-state index in [0.29, 0.717) is 18.9 Å². The smallest absolute Gasteiger partial charge is 0.351 e. The fourth-order valence-electron chi connectivity index (χ4n) is 4.16. The van der Waals surface area contributed by atoms with Gasteiger partial charge in [0.2, 0.25) is 5.88 Å². The number of hydrogen-bond acceptors (Lipinski definition) is 6. The highest BCUT2D eigenvalue weighted by molar-refractivity contribution is 5.67. The van der Waals surface area contributed by atoms with E-state index in [1.54, 1.807) is 10.6 Å². The monoisotopic (exact) mass is 444 g/mol. The Kier molecular flexibility index (Phi) is 5.85. The van der Waals surface area contributed by atoms with Crippen molar-refractivity contribution < 1.29 is 18.9 Å². The van der Waals surface area contributed by atoms with Crippen LogP contribution in [0.3, 0.4) is 0 Å². The lowest BCUT2D eigenvalue weighted by Gasteiger charge is -2.26. The molecule has 0 saturated heterocycles. The number of nitrogens with zero attached hydrogens (tertiary/aromatic N) is 2. The van der Waals surface area contributed by atoms with Gasteiger partial charge in [0.25, 0.3) is 0 Å². The summed E-state index contributed by atoms with van der Waals surface area (Å²) in [4.78, 5) is 17.1. The Morgan fingerprint density at radius 2 is 2.18 bits per heavy atom. The summed E-state index contributed by atoms with van der Waals surface area (Å²) in [6.45, 7) is 4.68. The van der Waals surface area contributed by atoms with Crippen LogP contribution >= 0.6 is 0 Å². The SMILES string of the molecule is C=CCOc1ccc2c(c1)CCn1c-2cc(OC(C2=CC=CCC2)C2=COC=CO2)nc1=O. The molecule has 1 aliphatic carbocycles. The standard InChI is InChI=1S/C26H24N2O5/c1-2-12-31-20-8-9-21-19(15-20)10-11-28-22(21)16-24(27-26(28)29)33-25(18-6-4-3-5-7-18)23-17-30-13-14-32-23/h2-4,6,8-9,13-17,25H,1,5,7,10-12H2. The zero-order valence-corrected chi connectivity index (χ0v) is 18.1.